The normalized spacial score (nSPS) is 15.3. The number of hydrogen-bond acceptors (Lipinski definition) is 3. The van der Waals surface area contributed by atoms with Crippen molar-refractivity contribution in [1.82, 2.24) is 14.9 Å². The van der Waals surface area contributed by atoms with Crippen molar-refractivity contribution in [2.45, 2.75) is 13.3 Å². The molecule has 68 valence electrons. The second-order valence-electron chi connectivity index (χ2n) is 3.19. The van der Waals surface area contributed by atoms with E-state index in [0.29, 0.717) is 5.69 Å². The number of aromatic nitrogens is 2. The van der Waals surface area contributed by atoms with Gasteiger partial charge in [0.1, 0.15) is 5.69 Å². The smallest absolute Gasteiger partial charge is 0.274 e. The Balaban J connectivity index is 2.15. The Labute approximate surface area is 76.6 Å². The van der Waals surface area contributed by atoms with Gasteiger partial charge in [-0.05, 0) is 13.3 Å². The molecule has 0 unspecified atom stereocenters. The Morgan fingerprint density at radius 1 is 1.38 bits per heavy atom. The van der Waals surface area contributed by atoms with Crippen LogP contribution in [0.15, 0.2) is 12.4 Å². The van der Waals surface area contributed by atoms with Crippen LogP contribution in [0.4, 0.5) is 0 Å². The van der Waals surface area contributed by atoms with Crippen LogP contribution in [0.1, 0.15) is 22.6 Å². The minimum Gasteiger partial charge on any atom is -0.337 e. The summed E-state index contributed by atoms with van der Waals surface area (Å²) in [6.07, 6.45) is 4.26. The standard InChI is InChI=1S/C9H11N3O/c1-7-5-11-8(6-10-7)9(13)12-3-2-4-12/h5-6H,2-4H2,1H3. The van der Waals surface area contributed by atoms with Crippen molar-refractivity contribution in [3.05, 3.63) is 23.8 Å². The maximum absolute atomic E-state index is 11.6. The fraction of sp³-hybridized carbons (Fsp3) is 0.444. The zero-order valence-electron chi connectivity index (χ0n) is 7.53. The summed E-state index contributed by atoms with van der Waals surface area (Å²) < 4.78 is 0. The number of rotatable bonds is 1. The van der Waals surface area contributed by atoms with E-state index in [1.165, 1.54) is 6.20 Å². The molecule has 1 saturated heterocycles. The van der Waals surface area contributed by atoms with Crippen LogP contribution < -0.4 is 0 Å². The number of hydrogen-bond donors (Lipinski definition) is 0. The number of nitrogens with zero attached hydrogens (tertiary/aromatic N) is 3. The first-order chi connectivity index (χ1) is 6.27. The Morgan fingerprint density at radius 3 is 2.62 bits per heavy atom. The lowest BCUT2D eigenvalue weighted by molar-refractivity contribution is 0.0645. The van der Waals surface area contributed by atoms with Crippen molar-refractivity contribution in [3.8, 4) is 0 Å². The molecule has 2 heterocycles. The van der Waals surface area contributed by atoms with Gasteiger partial charge in [0.25, 0.3) is 5.91 Å². The van der Waals surface area contributed by atoms with E-state index in [2.05, 4.69) is 9.97 Å². The third-order valence-corrected chi connectivity index (χ3v) is 2.14. The van der Waals surface area contributed by atoms with Gasteiger partial charge in [0.2, 0.25) is 0 Å². The molecule has 1 aromatic rings. The van der Waals surface area contributed by atoms with Crippen LogP contribution in [0.5, 0.6) is 0 Å². The molecule has 0 aliphatic carbocycles. The van der Waals surface area contributed by atoms with Gasteiger partial charge in [-0.3, -0.25) is 9.78 Å². The average molecular weight is 177 g/mol. The minimum absolute atomic E-state index is 0.00116. The molecular weight excluding hydrogens is 166 g/mol. The maximum Gasteiger partial charge on any atom is 0.274 e. The van der Waals surface area contributed by atoms with E-state index < -0.39 is 0 Å². The Morgan fingerprint density at radius 2 is 2.15 bits per heavy atom. The van der Waals surface area contributed by atoms with Crippen molar-refractivity contribution in [2.24, 2.45) is 0 Å². The molecule has 1 fully saturated rings. The van der Waals surface area contributed by atoms with E-state index in [-0.39, 0.29) is 5.91 Å². The van der Waals surface area contributed by atoms with Gasteiger partial charge in [-0.1, -0.05) is 0 Å². The van der Waals surface area contributed by atoms with Crippen LogP contribution in [-0.2, 0) is 0 Å². The molecule has 13 heavy (non-hydrogen) atoms. The summed E-state index contributed by atoms with van der Waals surface area (Å²) in [5.74, 6) is -0.00116. The molecule has 4 heteroatoms. The molecule has 0 radical (unpaired) electrons. The summed E-state index contributed by atoms with van der Waals surface area (Å²) in [6.45, 7) is 3.56. The van der Waals surface area contributed by atoms with Gasteiger partial charge in [0, 0.05) is 19.3 Å². The van der Waals surface area contributed by atoms with Crippen LogP contribution in [0.25, 0.3) is 0 Å². The second-order valence-corrected chi connectivity index (χ2v) is 3.19. The molecule has 4 nitrogen and oxygen atoms in total. The minimum atomic E-state index is -0.00116. The van der Waals surface area contributed by atoms with Crippen LogP contribution in [0.3, 0.4) is 0 Å². The lowest BCUT2D eigenvalue weighted by atomic mass is 10.2. The van der Waals surface area contributed by atoms with Crippen molar-refractivity contribution >= 4 is 5.91 Å². The molecule has 1 aliphatic heterocycles. The second kappa shape index (κ2) is 3.12. The SMILES string of the molecule is Cc1cnc(C(=O)N2CCC2)cn1. The van der Waals surface area contributed by atoms with Gasteiger partial charge in [0.05, 0.1) is 11.9 Å². The Kier molecular flexibility index (Phi) is 1.96. The van der Waals surface area contributed by atoms with Gasteiger partial charge in [-0.15, -0.1) is 0 Å². The summed E-state index contributed by atoms with van der Waals surface area (Å²) in [5.41, 5.74) is 1.28. The van der Waals surface area contributed by atoms with E-state index in [0.717, 1.165) is 25.2 Å². The van der Waals surface area contributed by atoms with Crippen LogP contribution >= 0.6 is 0 Å². The summed E-state index contributed by atoms with van der Waals surface area (Å²) in [6, 6.07) is 0. The molecule has 0 bridgehead atoms. The third kappa shape index (κ3) is 1.52. The molecule has 0 spiro atoms. The van der Waals surface area contributed by atoms with Crippen molar-refractivity contribution in [1.29, 1.82) is 0 Å². The fourth-order valence-electron chi connectivity index (χ4n) is 1.18. The third-order valence-electron chi connectivity index (χ3n) is 2.14. The first-order valence-corrected chi connectivity index (χ1v) is 4.35. The van der Waals surface area contributed by atoms with Crippen LogP contribution in [0.2, 0.25) is 0 Å². The molecule has 0 aromatic carbocycles. The largest absolute Gasteiger partial charge is 0.337 e. The van der Waals surface area contributed by atoms with Gasteiger partial charge < -0.3 is 4.90 Å². The summed E-state index contributed by atoms with van der Waals surface area (Å²) in [4.78, 5) is 21.4. The Hall–Kier alpha value is -1.45. The molecular formula is C9H11N3O. The van der Waals surface area contributed by atoms with Crippen molar-refractivity contribution in [3.63, 3.8) is 0 Å². The number of likely N-dealkylation sites (tertiary alicyclic amines) is 1. The number of aryl methyl sites for hydroxylation is 1. The van der Waals surface area contributed by atoms with Gasteiger partial charge >= 0.3 is 0 Å². The highest BCUT2D eigenvalue weighted by Crippen LogP contribution is 2.09. The molecule has 1 amide bonds. The van der Waals surface area contributed by atoms with Gasteiger partial charge in [0.15, 0.2) is 0 Å². The number of amides is 1. The topological polar surface area (TPSA) is 46.1 Å². The highest BCUT2D eigenvalue weighted by atomic mass is 16.2. The molecule has 0 saturated carbocycles. The first kappa shape index (κ1) is 8.16. The lowest BCUT2D eigenvalue weighted by Gasteiger charge is -2.30. The highest BCUT2D eigenvalue weighted by molar-refractivity contribution is 5.92. The molecule has 0 N–H and O–H groups in total. The summed E-state index contributed by atoms with van der Waals surface area (Å²) >= 11 is 0. The van der Waals surface area contributed by atoms with Gasteiger partial charge in [-0.25, -0.2) is 4.98 Å². The van der Waals surface area contributed by atoms with Gasteiger partial charge in [-0.2, -0.15) is 0 Å². The van der Waals surface area contributed by atoms with E-state index in [1.807, 2.05) is 6.92 Å². The zero-order valence-corrected chi connectivity index (χ0v) is 7.53. The van der Waals surface area contributed by atoms with Crippen LogP contribution in [0, 0.1) is 6.92 Å². The first-order valence-electron chi connectivity index (χ1n) is 4.35. The molecule has 2 rings (SSSR count). The van der Waals surface area contributed by atoms with Crippen molar-refractivity contribution in [2.75, 3.05) is 13.1 Å². The molecule has 0 atom stereocenters. The summed E-state index contributed by atoms with van der Waals surface area (Å²) in [7, 11) is 0. The quantitative estimate of drug-likeness (QED) is 0.632. The Bertz CT molecular complexity index is 316. The van der Waals surface area contributed by atoms with E-state index in [1.54, 1.807) is 11.1 Å². The van der Waals surface area contributed by atoms with E-state index in [9.17, 15) is 4.79 Å². The fourth-order valence-corrected chi connectivity index (χ4v) is 1.18. The number of carbonyl (C=O) groups excluding carboxylic acids is 1. The predicted molar refractivity (Wildman–Crippen MR) is 47.3 cm³/mol. The zero-order chi connectivity index (χ0) is 9.26. The van der Waals surface area contributed by atoms with Crippen LogP contribution in [-0.4, -0.2) is 33.9 Å². The molecule has 1 aliphatic rings. The number of carbonyl (C=O) groups is 1. The van der Waals surface area contributed by atoms with Crippen molar-refractivity contribution < 1.29 is 4.79 Å². The monoisotopic (exact) mass is 177 g/mol. The predicted octanol–water partition coefficient (Wildman–Crippen LogP) is 0.631. The maximum atomic E-state index is 11.6. The highest BCUT2D eigenvalue weighted by Gasteiger charge is 2.22. The van der Waals surface area contributed by atoms with E-state index in [4.69, 9.17) is 0 Å². The van der Waals surface area contributed by atoms with E-state index >= 15 is 0 Å². The molecule has 1 aromatic heterocycles. The average Bonchev–Trinajstić information content (AvgIpc) is 2.02. The summed E-state index contributed by atoms with van der Waals surface area (Å²) in [5, 5.41) is 0. The lowest BCUT2D eigenvalue weighted by Crippen LogP contribution is -2.42.